The van der Waals surface area contributed by atoms with E-state index >= 15 is 0 Å². The molecule has 0 fully saturated rings. The summed E-state index contributed by atoms with van der Waals surface area (Å²) in [6, 6.07) is 6.81. The lowest BCUT2D eigenvalue weighted by Crippen LogP contribution is -2.04. The zero-order valence-electron chi connectivity index (χ0n) is 14.0. The Hall–Kier alpha value is -2.94. The molecule has 1 aromatic carbocycles. The molecule has 0 radical (unpaired) electrons. The van der Waals surface area contributed by atoms with Crippen LogP contribution < -0.4 is 0 Å². The molecule has 0 saturated carbocycles. The molecule has 0 aliphatic heterocycles. The summed E-state index contributed by atoms with van der Waals surface area (Å²) in [4.78, 5) is 17.2. The first kappa shape index (κ1) is 17.5. The van der Waals surface area contributed by atoms with E-state index in [1.54, 1.807) is 41.3 Å². The van der Waals surface area contributed by atoms with E-state index in [-0.39, 0.29) is 0 Å². The first-order valence-corrected chi connectivity index (χ1v) is 9.07. The van der Waals surface area contributed by atoms with Crippen LogP contribution in [-0.2, 0) is 6.18 Å². The van der Waals surface area contributed by atoms with Crippen molar-refractivity contribution in [2.45, 2.75) is 11.3 Å². The quantitative estimate of drug-likeness (QED) is 0.380. The Morgan fingerprint density at radius 2 is 1.93 bits per heavy atom. The molecule has 4 aromatic rings. The maximum absolute atomic E-state index is 13.2. The number of hydrogen-bond donors (Lipinski definition) is 0. The molecular formula is C18H12F3N5S. The van der Waals surface area contributed by atoms with E-state index in [2.05, 4.69) is 19.9 Å². The van der Waals surface area contributed by atoms with Gasteiger partial charge in [0.15, 0.2) is 10.8 Å². The van der Waals surface area contributed by atoms with Crippen molar-refractivity contribution >= 4 is 17.4 Å². The molecule has 0 spiro atoms. The summed E-state index contributed by atoms with van der Waals surface area (Å²) >= 11 is 1.38. The molecule has 0 aliphatic rings. The van der Waals surface area contributed by atoms with Crippen molar-refractivity contribution in [2.24, 2.45) is 0 Å². The number of rotatable bonds is 3. The molecular weight excluding hydrogens is 375 g/mol. The molecule has 5 nitrogen and oxygen atoms in total. The molecule has 3 heterocycles. The van der Waals surface area contributed by atoms with Crippen molar-refractivity contribution in [1.29, 1.82) is 0 Å². The fraction of sp³-hybridized carbons (Fsp3) is 0.111. The van der Waals surface area contributed by atoms with Crippen LogP contribution in [0.5, 0.6) is 0 Å². The van der Waals surface area contributed by atoms with Crippen molar-refractivity contribution in [3.05, 3.63) is 60.7 Å². The van der Waals surface area contributed by atoms with Gasteiger partial charge in [-0.3, -0.25) is 9.38 Å². The van der Waals surface area contributed by atoms with E-state index < -0.39 is 11.7 Å². The van der Waals surface area contributed by atoms with E-state index in [0.29, 0.717) is 33.4 Å². The van der Waals surface area contributed by atoms with Crippen LogP contribution in [0, 0.1) is 0 Å². The van der Waals surface area contributed by atoms with Crippen LogP contribution in [0.3, 0.4) is 0 Å². The second kappa shape index (κ2) is 6.66. The SMILES string of the molecule is CSc1nccc(-c2c(-c3cccc(C(F)(F)F)c3)nc3cnccn23)n1. The molecule has 4 rings (SSSR count). The van der Waals surface area contributed by atoms with Crippen molar-refractivity contribution < 1.29 is 13.2 Å². The Kier molecular flexibility index (Phi) is 4.31. The van der Waals surface area contributed by atoms with Gasteiger partial charge in [0.05, 0.1) is 28.8 Å². The highest BCUT2D eigenvalue weighted by Crippen LogP contribution is 2.36. The molecule has 3 aromatic heterocycles. The summed E-state index contributed by atoms with van der Waals surface area (Å²) in [7, 11) is 0. The highest BCUT2D eigenvalue weighted by molar-refractivity contribution is 7.98. The number of aromatic nitrogens is 5. The number of thioether (sulfide) groups is 1. The number of fused-ring (bicyclic) bond motifs is 1. The van der Waals surface area contributed by atoms with Crippen molar-refractivity contribution in [1.82, 2.24) is 24.3 Å². The molecule has 0 bridgehead atoms. The third kappa shape index (κ3) is 3.25. The van der Waals surface area contributed by atoms with Crippen molar-refractivity contribution in [3.8, 4) is 22.6 Å². The lowest BCUT2D eigenvalue weighted by Gasteiger charge is -2.09. The summed E-state index contributed by atoms with van der Waals surface area (Å²) in [5, 5.41) is 0.562. The van der Waals surface area contributed by atoms with Crippen LogP contribution in [0.1, 0.15) is 5.56 Å². The van der Waals surface area contributed by atoms with Crippen LogP contribution in [0.4, 0.5) is 13.2 Å². The van der Waals surface area contributed by atoms with Crippen LogP contribution in [0.2, 0.25) is 0 Å². The van der Waals surface area contributed by atoms with E-state index in [1.807, 2.05) is 6.26 Å². The predicted octanol–water partition coefficient (Wildman–Crippen LogP) is 4.59. The van der Waals surface area contributed by atoms with Gasteiger partial charge in [-0.25, -0.2) is 15.0 Å². The van der Waals surface area contributed by atoms with Crippen molar-refractivity contribution in [2.75, 3.05) is 6.26 Å². The third-order valence-electron chi connectivity index (χ3n) is 3.95. The minimum Gasteiger partial charge on any atom is -0.295 e. The van der Waals surface area contributed by atoms with Gasteiger partial charge in [0.25, 0.3) is 0 Å². The third-order valence-corrected chi connectivity index (χ3v) is 4.51. The number of nitrogens with zero attached hydrogens (tertiary/aromatic N) is 5. The molecule has 0 saturated heterocycles. The highest BCUT2D eigenvalue weighted by atomic mass is 32.2. The van der Waals surface area contributed by atoms with Gasteiger partial charge in [0, 0.05) is 24.2 Å². The summed E-state index contributed by atoms with van der Waals surface area (Å²) < 4.78 is 41.2. The Labute approximate surface area is 156 Å². The standard InChI is InChI=1S/C18H12F3N5S/c1-27-17-23-6-5-13(24-17)16-15(25-14-10-22-7-8-26(14)16)11-3-2-4-12(9-11)18(19,20)21/h2-10H,1H3. The molecule has 9 heteroatoms. The minimum absolute atomic E-state index is 0.354. The Balaban J connectivity index is 1.99. The monoisotopic (exact) mass is 387 g/mol. The van der Waals surface area contributed by atoms with Gasteiger partial charge >= 0.3 is 6.18 Å². The van der Waals surface area contributed by atoms with Crippen molar-refractivity contribution in [3.63, 3.8) is 0 Å². The van der Waals surface area contributed by atoms with Gasteiger partial charge in [-0.15, -0.1) is 0 Å². The largest absolute Gasteiger partial charge is 0.416 e. The molecule has 0 N–H and O–H groups in total. The second-order valence-corrected chi connectivity index (χ2v) is 6.39. The summed E-state index contributed by atoms with van der Waals surface area (Å²) in [5.41, 5.74) is 1.70. The van der Waals surface area contributed by atoms with Gasteiger partial charge in [0.1, 0.15) is 0 Å². The molecule has 0 atom stereocenters. The number of benzene rings is 1. The number of hydrogen-bond acceptors (Lipinski definition) is 5. The zero-order chi connectivity index (χ0) is 19.0. The molecule has 0 amide bonds. The fourth-order valence-corrected chi connectivity index (χ4v) is 3.12. The maximum Gasteiger partial charge on any atom is 0.416 e. The molecule has 0 aliphatic carbocycles. The predicted molar refractivity (Wildman–Crippen MR) is 96.2 cm³/mol. The topological polar surface area (TPSA) is 56.0 Å². The summed E-state index contributed by atoms with van der Waals surface area (Å²) in [6.07, 6.45) is 3.88. The zero-order valence-corrected chi connectivity index (χ0v) is 14.8. The Morgan fingerprint density at radius 3 is 2.70 bits per heavy atom. The Bertz CT molecular complexity index is 1120. The minimum atomic E-state index is -4.43. The van der Waals surface area contributed by atoms with Gasteiger partial charge < -0.3 is 0 Å². The lowest BCUT2D eigenvalue weighted by atomic mass is 10.1. The first-order valence-electron chi connectivity index (χ1n) is 7.84. The van der Waals surface area contributed by atoms with Crippen LogP contribution in [-0.4, -0.2) is 30.6 Å². The van der Waals surface area contributed by atoms with E-state index in [9.17, 15) is 13.2 Å². The average molecular weight is 387 g/mol. The summed E-state index contributed by atoms with van der Waals surface area (Å²) in [6.45, 7) is 0. The lowest BCUT2D eigenvalue weighted by molar-refractivity contribution is -0.137. The first-order chi connectivity index (χ1) is 13.0. The van der Waals surface area contributed by atoms with E-state index in [0.717, 1.165) is 12.1 Å². The van der Waals surface area contributed by atoms with Crippen LogP contribution in [0.15, 0.2) is 60.3 Å². The van der Waals surface area contributed by atoms with Crippen LogP contribution in [0.25, 0.3) is 28.3 Å². The van der Waals surface area contributed by atoms with Gasteiger partial charge in [-0.2, -0.15) is 13.2 Å². The second-order valence-electron chi connectivity index (χ2n) is 5.62. The normalized spacial score (nSPS) is 11.9. The van der Waals surface area contributed by atoms with Crippen LogP contribution >= 0.6 is 11.8 Å². The van der Waals surface area contributed by atoms with E-state index in [1.165, 1.54) is 17.8 Å². The molecule has 0 unspecified atom stereocenters. The van der Waals surface area contributed by atoms with Gasteiger partial charge in [-0.05, 0) is 24.5 Å². The number of imidazole rings is 1. The summed E-state index contributed by atoms with van der Waals surface area (Å²) in [5.74, 6) is 0. The highest BCUT2D eigenvalue weighted by Gasteiger charge is 2.31. The Morgan fingerprint density at radius 1 is 1.07 bits per heavy atom. The molecule has 27 heavy (non-hydrogen) atoms. The van der Waals surface area contributed by atoms with Gasteiger partial charge in [-0.1, -0.05) is 23.9 Å². The smallest absolute Gasteiger partial charge is 0.295 e. The maximum atomic E-state index is 13.2. The van der Waals surface area contributed by atoms with Gasteiger partial charge in [0.2, 0.25) is 0 Å². The number of halogens is 3. The molecule has 136 valence electrons. The number of alkyl halides is 3. The fourth-order valence-electron chi connectivity index (χ4n) is 2.77. The van der Waals surface area contributed by atoms with E-state index in [4.69, 9.17) is 0 Å². The average Bonchev–Trinajstić information content (AvgIpc) is 3.07.